The first-order valence-electron chi connectivity index (χ1n) is 12.1. The van der Waals surface area contributed by atoms with Gasteiger partial charge in [0.05, 0.1) is 11.7 Å². The number of aromatic carboxylic acids is 1. The van der Waals surface area contributed by atoms with E-state index >= 15 is 0 Å². The maximum Gasteiger partial charge on any atom is 0.352 e. The molecular formula is C24H22N8O7S2. The average Bonchev–Trinajstić information content (AvgIpc) is 3.62. The van der Waals surface area contributed by atoms with Gasteiger partial charge in [-0.25, -0.2) is 9.36 Å². The van der Waals surface area contributed by atoms with Crippen molar-refractivity contribution in [2.24, 2.45) is 5.16 Å². The van der Waals surface area contributed by atoms with Gasteiger partial charge in [-0.15, -0.1) is 11.8 Å². The minimum absolute atomic E-state index is 0.0575. The minimum atomic E-state index is -1.50. The Bertz CT molecular complexity index is 1600. The van der Waals surface area contributed by atoms with E-state index < -0.39 is 35.2 Å². The van der Waals surface area contributed by atoms with Crippen LogP contribution in [0.3, 0.4) is 0 Å². The smallest absolute Gasteiger partial charge is 0.352 e. The lowest BCUT2D eigenvalue weighted by atomic mass is 10.0. The number of aromatic amines is 1. The molecular weight excluding hydrogens is 576 g/mol. The molecule has 2 aliphatic rings. The number of carbonyl (C=O) groups is 4. The van der Waals surface area contributed by atoms with Crippen molar-refractivity contribution in [2.75, 3.05) is 18.1 Å². The van der Waals surface area contributed by atoms with Crippen LogP contribution < -0.4 is 20.7 Å². The fourth-order valence-electron chi connectivity index (χ4n) is 4.31. The second-order valence-corrected chi connectivity index (χ2v) is 10.7. The number of H-pyrrole nitrogens is 1. The van der Waals surface area contributed by atoms with E-state index in [1.165, 1.54) is 17.8 Å². The first kappa shape index (κ1) is 27.8. The van der Waals surface area contributed by atoms with Crippen LogP contribution >= 0.6 is 23.3 Å². The number of carboxylic acid groups (broad SMARTS) is 2. The molecule has 3 aromatic heterocycles. The van der Waals surface area contributed by atoms with Gasteiger partial charge in [0.15, 0.2) is 24.1 Å². The van der Waals surface area contributed by atoms with Crippen LogP contribution in [0.25, 0.3) is 11.1 Å². The van der Waals surface area contributed by atoms with Crippen LogP contribution in [-0.2, 0) is 25.8 Å². The quantitative estimate of drug-likeness (QED) is 0.0954. The number of hydrogen-bond donors (Lipinski definition) is 4. The Morgan fingerprint density at radius 1 is 1.34 bits per heavy atom. The molecule has 0 aromatic carbocycles. The number of nitrogens with zero attached hydrogens (tertiary/aromatic N) is 5. The molecule has 1 saturated heterocycles. The van der Waals surface area contributed by atoms with Gasteiger partial charge in [0, 0.05) is 46.8 Å². The highest BCUT2D eigenvalue weighted by atomic mass is 32.2. The zero-order chi connectivity index (χ0) is 29.3. The number of nitrogen functional groups attached to an aromatic ring is 1. The van der Waals surface area contributed by atoms with Gasteiger partial charge in [-0.05, 0) is 18.6 Å². The van der Waals surface area contributed by atoms with Gasteiger partial charge in [0.1, 0.15) is 23.7 Å². The number of pyridine rings is 1. The van der Waals surface area contributed by atoms with Crippen molar-refractivity contribution in [1.29, 1.82) is 0 Å². The van der Waals surface area contributed by atoms with E-state index in [9.17, 15) is 24.3 Å². The molecule has 0 spiro atoms. The maximum absolute atomic E-state index is 13.1. The number of thioether (sulfide) groups is 1. The van der Waals surface area contributed by atoms with E-state index in [0.29, 0.717) is 11.1 Å². The van der Waals surface area contributed by atoms with Crippen molar-refractivity contribution >= 4 is 57.9 Å². The number of aliphatic carboxylic acids is 1. The number of oxime groups is 1. The summed E-state index contributed by atoms with van der Waals surface area (Å²) in [6.45, 7) is 2.01. The van der Waals surface area contributed by atoms with Crippen molar-refractivity contribution in [2.45, 2.75) is 24.9 Å². The summed E-state index contributed by atoms with van der Waals surface area (Å²) < 4.78 is 5.71. The number of amides is 2. The molecule has 0 saturated carbocycles. The van der Waals surface area contributed by atoms with Crippen LogP contribution in [0.4, 0.5) is 5.13 Å². The summed E-state index contributed by atoms with van der Waals surface area (Å²) in [7, 11) is 0. The van der Waals surface area contributed by atoms with E-state index in [2.05, 4.69) is 24.8 Å². The Kier molecular flexibility index (Phi) is 7.71. The predicted octanol–water partition coefficient (Wildman–Crippen LogP) is -1.05. The zero-order valence-corrected chi connectivity index (χ0v) is 22.9. The first-order chi connectivity index (χ1) is 19.7. The normalized spacial score (nSPS) is 18.5. The number of carbonyl (C=O) groups excluding carboxylic acids is 3. The Labute approximate surface area is 239 Å². The Morgan fingerprint density at radius 2 is 2.10 bits per heavy atom. The third-order valence-electron chi connectivity index (χ3n) is 6.19. The predicted molar refractivity (Wildman–Crippen MR) is 143 cm³/mol. The number of fused-ring (bicyclic) bond motifs is 1. The van der Waals surface area contributed by atoms with Gasteiger partial charge in [-0.3, -0.25) is 14.5 Å². The number of rotatable bonds is 10. The number of nitrogens with one attached hydrogen (secondary N) is 2. The molecule has 2 atom stereocenters. The van der Waals surface area contributed by atoms with Crippen molar-refractivity contribution in [1.82, 2.24) is 24.6 Å². The summed E-state index contributed by atoms with van der Waals surface area (Å²) in [4.78, 5) is 62.1. The molecule has 15 nitrogen and oxygen atoms in total. The van der Waals surface area contributed by atoms with Crippen LogP contribution in [0, 0.1) is 0 Å². The maximum atomic E-state index is 13.1. The van der Waals surface area contributed by atoms with Crippen LogP contribution in [0.15, 0.2) is 53.2 Å². The largest absolute Gasteiger partial charge is 0.543 e. The molecule has 0 unspecified atom stereocenters. The number of aromatic nitrogens is 4. The number of carboxylic acids is 2. The Balaban J connectivity index is 1.31. The van der Waals surface area contributed by atoms with E-state index in [0.717, 1.165) is 22.0 Å². The number of hydrogen-bond acceptors (Lipinski definition) is 12. The first-order valence-corrected chi connectivity index (χ1v) is 13.9. The lowest BCUT2D eigenvalue weighted by Gasteiger charge is -2.50. The molecule has 2 aliphatic heterocycles. The van der Waals surface area contributed by atoms with Crippen molar-refractivity contribution in [3.63, 3.8) is 0 Å². The van der Waals surface area contributed by atoms with Gasteiger partial charge in [0.2, 0.25) is 11.5 Å². The minimum Gasteiger partial charge on any atom is -0.543 e. The second-order valence-electron chi connectivity index (χ2n) is 8.78. The van der Waals surface area contributed by atoms with Gasteiger partial charge in [0.25, 0.3) is 11.8 Å². The molecule has 212 valence electrons. The van der Waals surface area contributed by atoms with E-state index in [1.54, 1.807) is 42.2 Å². The molecule has 1 fully saturated rings. The topological polar surface area (TPSA) is 220 Å². The number of β-lactam (4-membered cyclic amide) rings is 1. The summed E-state index contributed by atoms with van der Waals surface area (Å²) in [6, 6.07) is 4.02. The van der Waals surface area contributed by atoms with Gasteiger partial charge in [-0.1, -0.05) is 5.16 Å². The van der Waals surface area contributed by atoms with Crippen LogP contribution in [0.1, 0.15) is 23.2 Å². The number of nitrogens with two attached hydrogens (primary N) is 1. The molecule has 5 heterocycles. The highest BCUT2D eigenvalue weighted by Gasteiger charge is 2.53. The molecule has 2 amide bonds. The van der Waals surface area contributed by atoms with E-state index in [-0.39, 0.29) is 47.0 Å². The number of anilines is 1. The third-order valence-corrected chi connectivity index (χ3v) is 8.07. The molecule has 41 heavy (non-hydrogen) atoms. The molecule has 5 rings (SSSR count). The fourth-order valence-corrected chi connectivity index (χ4v) is 6.08. The Hall–Kier alpha value is -4.77. The summed E-state index contributed by atoms with van der Waals surface area (Å²) in [5.41, 5.74) is 7.07. The fraction of sp³-hybridized carbons (Fsp3) is 0.250. The second kappa shape index (κ2) is 11.4. The van der Waals surface area contributed by atoms with E-state index in [1.807, 2.05) is 0 Å². The summed E-state index contributed by atoms with van der Waals surface area (Å²) in [5, 5.41) is 27.0. The monoisotopic (exact) mass is 598 g/mol. The van der Waals surface area contributed by atoms with Gasteiger partial charge < -0.3 is 35.9 Å². The van der Waals surface area contributed by atoms with Crippen LogP contribution in [0.5, 0.6) is 0 Å². The molecule has 3 aromatic rings. The van der Waals surface area contributed by atoms with Crippen molar-refractivity contribution in [3.05, 3.63) is 59.6 Å². The molecule has 0 bridgehead atoms. The third kappa shape index (κ3) is 5.48. The molecule has 0 aliphatic carbocycles. The standard InChI is InChI=1S/C24H22N8O7S2/c1-2-39-29-15(18-28-24(25)41-30-18)19(33)27-16-20(34)32-17(23(37)38)13(10-40-21(16)32)9-31-5-3-11(4-6-31)12-7-14(22(35)36)26-8-12/h3-8,16,21H,2,9-10H2,1H3,(H5,25,27,28,30,33,35,36,37,38)/b29-15-/t16-,21-/m1/s1. The Morgan fingerprint density at radius 3 is 2.71 bits per heavy atom. The average molecular weight is 599 g/mol. The summed E-state index contributed by atoms with van der Waals surface area (Å²) in [6.07, 6.45) is 5.02. The highest BCUT2D eigenvalue weighted by molar-refractivity contribution is 8.00. The SMILES string of the molecule is CCO/N=C(\C(=O)N[C@@H]1C(=O)N2C(C(=O)[O-])=C(C[n+]3ccc(-c4c[nH]c(C(=O)O)c4)cc3)CS[C@H]12)c1nsc(N)n1. The zero-order valence-electron chi connectivity index (χ0n) is 21.3. The van der Waals surface area contributed by atoms with Crippen LogP contribution in [0.2, 0.25) is 0 Å². The van der Waals surface area contributed by atoms with Crippen LogP contribution in [-0.4, -0.2) is 77.6 Å². The molecule has 17 heteroatoms. The summed E-state index contributed by atoms with van der Waals surface area (Å²) in [5.74, 6) is -3.75. The lowest BCUT2D eigenvalue weighted by molar-refractivity contribution is -0.689. The van der Waals surface area contributed by atoms with Crippen molar-refractivity contribution < 1.29 is 38.8 Å². The van der Waals surface area contributed by atoms with Gasteiger partial charge in [-0.2, -0.15) is 9.36 Å². The van der Waals surface area contributed by atoms with Crippen molar-refractivity contribution in [3.8, 4) is 11.1 Å². The van der Waals surface area contributed by atoms with E-state index in [4.69, 9.17) is 15.7 Å². The summed E-state index contributed by atoms with van der Waals surface area (Å²) >= 11 is 2.16. The lowest BCUT2D eigenvalue weighted by Crippen LogP contribution is -2.71. The van der Waals surface area contributed by atoms with Gasteiger partial charge >= 0.3 is 5.97 Å². The molecule has 0 radical (unpaired) electrons. The highest BCUT2D eigenvalue weighted by Crippen LogP contribution is 2.40. The molecule has 5 N–H and O–H groups in total.